The standard InChI is InChI=1S/C5H4O4/c1-2-3(6)8-5-4(7)9-5/h2,7H,1H2. The lowest BCUT2D eigenvalue weighted by Gasteiger charge is -1.84. The summed E-state index contributed by atoms with van der Waals surface area (Å²) >= 11 is 0. The van der Waals surface area contributed by atoms with Gasteiger partial charge in [0.05, 0.1) is 0 Å². The highest BCUT2D eigenvalue weighted by atomic mass is 16.8. The Morgan fingerprint density at radius 2 is 2.44 bits per heavy atom. The Kier molecular flexibility index (Phi) is 1.14. The average Bonchev–Trinajstić information content (AvgIpc) is 2.47. The molecule has 0 spiro atoms. The summed E-state index contributed by atoms with van der Waals surface area (Å²) in [4.78, 5) is 10.2. The summed E-state index contributed by atoms with van der Waals surface area (Å²) in [5.74, 6) is -1.13. The van der Waals surface area contributed by atoms with Gasteiger partial charge in [-0.25, -0.2) is 4.79 Å². The molecular weight excluding hydrogens is 124 g/mol. The highest BCUT2D eigenvalue weighted by Crippen LogP contribution is 2.23. The Bertz CT molecular complexity index is 191. The smallest absolute Gasteiger partial charge is 0.380 e. The van der Waals surface area contributed by atoms with E-state index in [0.29, 0.717) is 0 Å². The minimum Gasteiger partial charge on any atom is -0.475 e. The summed E-state index contributed by atoms with van der Waals surface area (Å²) in [7, 11) is 0. The Labute approximate surface area is 51.0 Å². The molecule has 0 aromatic rings. The van der Waals surface area contributed by atoms with Crippen molar-refractivity contribution in [2.45, 2.75) is 0 Å². The van der Waals surface area contributed by atoms with E-state index in [0.717, 1.165) is 6.08 Å². The SMILES string of the molecule is C=CC(=O)OC1=C(O)O1. The number of rotatable bonds is 2. The van der Waals surface area contributed by atoms with E-state index in [2.05, 4.69) is 16.1 Å². The Morgan fingerprint density at radius 1 is 1.89 bits per heavy atom. The number of ether oxygens (including phenoxy) is 2. The zero-order valence-electron chi connectivity index (χ0n) is 4.46. The summed E-state index contributed by atoms with van der Waals surface area (Å²) in [6.07, 6.45) is 0.974. The fraction of sp³-hybridized carbons (Fsp3) is 0. The first-order valence-electron chi connectivity index (χ1n) is 2.19. The number of aliphatic hydroxyl groups is 1. The third-order valence-corrected chi connectivity index (χ3v) is 0.682. The normalized spacial score (nSPS) is 14.2. The molecule has 0 saturated heterocycles. The lowest BCUT2D eigenvalue weighted by atomic mass is 10.7. The molecule has 4 nitrogen and oxygen atoms in total. The van der Waals surface area contributed by atoms with Crippen LogP contribution in [-0.4, -0.2) is 11.1 Å². The van der Waals surface area contributed by atoms with Crippen molar-refractivity contribution < 1.29 is 19.4 Å². The molecule has 1 rings (SSSR count). The summed E-state index contributed by atoms with van der Waals surface area (Å²) in [6, 6.07) is 0. The van der Waals surface area contributed by atoms with Crippen molar-refractivity contribution in [2.75, 3.05) is 0 Å². The minimum absolute atomic E-state index is 0.139. The van der Waals surface area contributed by atoms with Gasteiger partial charge in [-0.15, -0.1) is 0 Å². The number of hydrogen-bond donors (Lipinski definition) is 1. The van der Waals surface area contributed by atoms with Crippen LogP contribution in [0.1, 0.15) is 0 Å². The maximum absolute atomic E-state index is 10.2. The monoisotopic (exact) mass is 128 g/mol. The highest BCUT2D eigenvalue weighted by Gasteiger charge is 2.29. The van der Waals surface area contributed by atoms with E-state index in [4.69, 9.17) is 5.11 Å². The Morgan fingerprint density at radius 3 is 2.78 bits per heavy atom. The number of aliphatic hydroxyl groups excluding tert-OH is 1. The molecule has 1 N–H and O–H groups in total. The van der Waals surface area contributed by atoms with Gasteiger partial charge in [0.1, 0.15) is 0 Å². The van der Waals surface area contributed by atoms with Gasteiger partial charge in [0.15, 0.2) is 0 Å². The van der Waals surface area contributed by atoms with E-state index in [9.17, 15) is 4.79 Å². The van der Waals surface area contributed by atoms with Gasteiger partial charge in [0, 0.05) is 6.08 Å². The lowest BCUT2D eigenvalue weighted by Crippen LogP contribution is -1.93. The quantitative estimate of drug-likeness (QED) is 0.432. The van der Waals surface area contributed by atoms with Crippen molar-refractivity contribution in [3.63, 3.8) is 0 Å². The van der Waals surface area contributed by atoms with Gasteiger partial charge in [-0.05, 0) is 0 Å². The van der Waals surface area contributed by atoms with Crippen molar-refractivity contribution in [1.82, 2.24) is 0 Å². The predicted molar refractivity (Wildman–Crippen MR) is 27.0 cm³/mol. The molecule has 1 heterocycles. The fourth-order valence-electron chi connectivity index (χ4n) is 0.260. The van der Waals surface area contributed by atoms with E-state index in [-0.39, 0.29) is 11.9 Å². The topological polar surface area (TPSA) is 59.1 Å². The molecule has 0 amide bonds. The molecular formula is C5H4O4. The van der Waals surface area contributed by atoms with Gasteiger partial charge < -0.3 is 14.6 Å². The fourth-order valence-corrected chi connectivity index (χ4v) is 0.260. The van der Waals surface area contributed by atoms with Crippen molar-refractivity contribution >= 4 is 5.97 Å². The first-order chi connectivity index (χ1) is 4.24. The zero-order valence-corrected chi connectivity index (χ0v) is 4.46. The summed E-state index contributed by atoms with van der Waals surface area (Å²) in [5.41, 5.74) is 0. The van der Waals surface area contributed by atoms with Crippen molar-refractivity contribution in [3.8, 4) is 0 Å². The van der Waals surface area contributed by atoms with Gasteiger partial charge in [0.2, 0.25) is 0 Å². The van der Waals surface area contributed by atoms with E-state index >= 15 is 0 Å². The summed E-state index contributed by atoms with van der Waals surface area (Å²) in [5, 5.41) is 8.32. The molecule has 0 saturated carbocycles. The van der Waals surface area contributed by atoms with Crippen LogP contribution in [0.5, 0.6) is 0 Å². The molecule has 0 aromatic carbocycles. The first kappa shape index (κ1) is 5.68. The van der Waals surface area contributed by atoms with Crippen molar-refractivity contribution in [1.29, 1.82) is 0 Å². The number of esters is 1. The minimum atomic E-state index is -0.644. The van der Waals surface area contributed by atoms with E-state index in [1.807, 2.05) is 0 Å². The van der Waals surface area contributed by atoms with Gasteiger partial charge in [0.25, 0.3) is 0 Å². The molecule has 0 radical (unpaired) electrons. The predicted octanol–water partition coefficient (Wildman–Crippen LogP) is 0.430. The number of carbonyl (C=O) groups is 1. The molecule has 48 valence electrons. The number of carbonyl (C=O) groups excluding carboxylic acids is 1. The third-order valence-electron chi connectivity index (χ3n) is 0.682. The average molecular weight is 128 g/mol. The van der Waals surface area contributed by atoms with E-state index < -0.39 is 5.97 Å². The molecule has 1 aliphatic heterocycles. The molecule has 9 heavy (non-hydrogen) atoms. The molecule has 0 unspecified atom stereocenters. The Balaban J connectivity index is 2.35. The number of hydrogen-bond acceptors (Lipinski definition) is 4. The van der Waals surface area contributed by atoms with Crippen LogP contribution in [0.4, 0.5) is 0 Å². The van der Waals surface area contributed by atoms with Crippen LogP contribution in [-0.2, 0) is 14.3 Å². The van der Waals surface area contributed by atoms with Crippen LogP contribution in [0.15, 0.2) is 24.5 Å². The maximum Gasteiger partial charge on any atom is 0.380 e. The second kappa shape index (κ2) is 1.81. The van der Waals surface area contributed by atoms with Gasteiger partial charge >= 0.3 is 17.9 Å². The molecule has 0 bridgehead atoms. The molecule has 4 heteroatoms. The summed E-state index contributed by atoms with van der Waals surface area (Å²) in [6.45, 7) is 3.13. The van der Waals surface area contributed by atoms with Gasteiger partial charge in [-0.1, -0.05) is 6.58 Å². The van der Waals surface area contributed by atoms with Gasteiger partial charge in [-0.3, -0.25) is 0 Å². The van der Waals surface area contributed by atoms with Crippen LogP contribution in [0.3, 0.4) is 0 Å². The summed E-state index contributed by atoms with van der Waals surface area (Å²) < 4.78 is 8.46. The second-order valence-electron chi connectivity index (χ2n) is 1.32. The molecule has 0 aliphatic carbocycles. The molecule has 1 aliphatic rings. The van der Waals surface area contributed by atoms with Crippen LogP contribution < -0.4 is 0 Å². The maximum atomic E-state index is 10.2. The molecule has 0 fully saturated rings. The van der Waals surface area contributed by atoms with E-state index in [1.54, 1.807) is 0 Å². The lowest BCUT2D eigenvalue weighted by molar-refractivity contribution is -0.135. The van der Waals surface area contributed by atoms with Crippen LogP contribution >= 0.6 is 0 Å². The largest absolute Gasteiger partial charge is 0.475 e. The Hall–Kier alpha value is -1.45. The molecule has 0 aromatic heterocycles. The highest BCUT2D eigenvalue weighted by molar-refractivity contribution is 5.82. The second-order valence-corrected chi connectivity index (χ2v) is 1.32. The van der Waals surface area contributed by atoms with Crippen LogP contribution in [0.2, 0.25) is 0 Å². The van der Waals surface area contributed by atoms with Crippen molar-refractivity contribution in [3.05, 3.63) is 24.5 Å². The van der Waals surface area contributed by atoms with E-state index in [1.165, 1.54) is 0 Å². The van der Waals surface area contributed by atoms with Gasteiger partial charge in [-0.2, -0.15) is 0 Å². The first-order valence-corrected chi connectivity index (χ1v) is 2.19. The van der Waals surface area contributed by atoms with Crippen LogP contribution in [0.25, 0.3) is 0 Å². The molecule has 0 atom stereocenters. The van der Waals surface area contributed by atoms with Crippen LogP contribution in [0, 0.1) is 0 Å². The van der Waals surface area contributed by atoms with Crippen molar-refractivity contribution in [2.24, 2.45) is 0 Å². The zero-order chi connectivity index (χ0) is 6.85. The third kappa shape index (κ3) is 1.22.